The number of tetrazole rings is 1. The maximum atomic E-state index is 6.08. The van der Waals surface area contributed by atoms with E-state index in [1.54, 1.807) is 0 Å². The number of hydrogen-bond donors (Lipinski definition) is 1. The van der Waals surface area contributed by atoms with Gasteiger partial charge in [0.05, 0.1) is 6.61 Å². The van der Waals surface area contributed by atoms with Crippen LogP contribution in [0, 0.1) is 0 Å². The molecule has 2 fully saturated rings. The number of H-pyrrole nitrogens is 1. The minimum Gasteiger partial charge on any atom is -0.367 e. The molecule has 0 radical (unpaired) electrons. The topological polar surface area (TPSA) is 91.4 Å². The Morgan fingerprint density at radius 1 is 1.22 bits per heavy atom. The summed E-state index contributed by atoms with van der Waals surface area (Å²) in [5, 5.41) is 14.0. The van der Waals surface area contributed by atoms with Crippen molar-refractivity contribution in [1.29, 1.82) is 0 Å². The second kappa shape index (κ2) is 5.64. The lowest BCUT2D eigenvalue weighted by atomic mass is 10.1. The van der Waals surface area contributed by atoms with Crippen LogP contribution in [0.25, 0.3) is 0 Å². The first-order valence-electron chi connectivity index (χ1n) is 7.52. The summed E-state index contributed by atoms with van der Waals surface area (Å²) in [6.07, 6.45) is -1.70. The lowest BCUT2D eigenvalue weighted by Gasteiger charge is -2.24. The molecule has 4 atom stereocenters. The van der Waals surface area contributed by atoms with Gasteiger partial charge in [-0.05, 0) is 19.4 Å². The lowest BCUT2D eigenvalue weighted by molar-refractivity contribution is -0.221. The van der Waals surface area contributed by atoms with Crippen LogP contribution in [0.3, 0.4) is 0 Å². The van der Waals surface area contributed by atoms with Crippen molar-refractivity contribution in [1.82, 2.24) is 20.6 Å². The molecule has 0 saturated carbocycles. The van der Waals surface area contributed by atoms with E-state index >= 15 is 0 Å². The third kappa shape index (κ3) is 2.86. The van der Waals surface area contributed by atoms with E-state index in [9.17, 15) is 0 Å². The van der Waals surface area contributed by atoms with Crippen LogP contribution < -0.4 is 0 Å². The molecule has 0 unspecified atom stereocenters. The molecular formula is C15H18N4O4. The zero-order valence-corrected chi connectivity index (χ0v) is 12.9. The van der Waals surface area contributed by atoms with Gasteiger partial charge in [0.15, 0.2) is 18.2 Å². The fourth-order valence-corrected chi connectivity index (χ4v) is 2.93. The second-order valence-corrected chi connectivity index (χ2v) is 6.06. The molecule has 1 aromatic carbocycles. The molecule has 2 aliphatic rings. The van der Waals surface area contributed by atoms with Crippen molar-refractivity contribution < 1.29 is 18.9 Å². The third-order valence-corrected chi connectivity index (χ3v) is 3.89. The monoisotopic (exact) mass is 318 g/mol. The molecular weight excluding hydrogens is 300 g/mol. The minimum atomic E-state index is -0.702. The first-order chi connectivity index (χ1) is 11.1. The van der Waals surface area contributed by atoms with Crippen molar-refractivity contribution in [2.24, 2.45) is 0 Å². The molecule has 0 aliphatic carbocycles. The van der Waals surface area contributed by atoms with E-state index in [-0.39, 0.29) is 12.2 Å². The Balaban J connectivity index is 1.54. The van der Waals surface area contributed by atoms with Gasteiger partial charge in [-0.1, -0.05) is 35.5 Å². The summed E-state index contributed by atoms with van der Waals surface area (Å²) in [4.78, 5) is 0. The zero-order chi connectivity index (χ0) is 15.9. The van der Waals surface area contributed by atoms with Gasteiger partial charge in [-0.25, -0.2) is 0 Å². The maximum Gasteiger partial charge on any atom is 0.206 e. The molecule has 2 saturated heterocycles. The van der Waals surface area contributed by atoms with Crippen LogP contribution in [0.5, 0.6) is 0 Å². The first kappa shape index (κ1) is 14.7. The molecule has 1 N–H and O–H groups in total. The third-order valence-electron chi connectivity index (χ3n) is 3.89. The van der Waals surface area contributed by atoms with E-state index in [1.165, 1.54) is 0 Å². The standard InChI is InChI=1S/C15H18N4O4/c1-15(2)22-12-10(20-8-9-6-4-3-5-7-9)11(21-14(12)23-15)13-16-18-19-17-13/h3-7,10-12,14H,8H2,1-2H3,(H,16,17,18,19)/t10-,11-,12+,14+/m0/s1. The Kier molecular flexibility index (Phi) is 3.61. The Morgan fingerprint density at radius 2 is 2.04 bits per heavy atom. The van der Waals surface area contributed by atoms with Crippen LogP contribution in [0.4, 0.5) is 0 Å². The number of aromatic amines is 1. The van der Waals surface area contributed by atoms with E-state index in [4.69, 9.17) is 18.9 Å². The van der Waals surface area contributed by atoms with Gasteiger partial charge < -0.3 is 18.9 Å². The quantitative estimate of drug-likeness (QED) is 0.909. The van der Waals surface area contributed by atoms with Crippen LogP contribution in [0.15, 0.2) is 30.3 Å². The number of ether oxygens (including phenoxy) is 4. The largest absolute Gasteiger partial charge is 0.367 e. The van der Waals surface area contributed by atoms with Gasteiger partial charge in [0.25, 0.3) is 0 Å². The van der Waals surface area contributed by atoms with E-state index < -0.39 is 18.2 Å². The maximum absolute atomic E-state index is 6.08. The van der Waals surface area contributed by atoms with E-state index in [2.05, 4.69) is 20.6 Å². The highest BCUT2D eigenvalue weighted by Crippen LogP contribution is 2.43. The van der Waals surface area contributed by atoms with Crippen molar-refractivity contribution in [2.45, 2.75) is 50.8 Å². The number of rotatable bonds is 4. The number of fused-ring (bicyclic) bond motifs is 1. The average Bonchev–Trinajstić information content (AvgIpc) is 3.21. The fraction of sp³-hybridized carbons (Fsp3) is 0.533. The smallest absolute Gasteiger partial charge is 0.206 e. The second-order valence-electron chi connectivity index (χ2n) is 6.06. The predicted molar refractivity (Wildman–Crippen MR) is 76.8 cm³/mol. The molecule has 122 valence electrons. The molecule has 2 aliphatic heterocycles. The Bertz CT molecular complexity index is 649. The van der Waals surface area contributed by atoms with Crippen molar-refractivity contribution >= 4 is 0 Å². The van der Waals surface area contributed by atoms with Gasteiger partial charge in [0, 0.05) is 0 Å². The Hall–Kier alpha value is -1.87. The molecule has 0 spiro atoms. The number of benzene rings is 1. The fourth-order valence-electron chi connectivity index (χ4n) is 2.93. The molecule has 23 heavy (non-hydrogen) atoms. The summed E-state index contributed by atoms with van der Waals surface area (Å²) in [6, 6.07) is 9.93. The van der Waals surface area contributed by atoms with Gasteiger partial charge in [0.2, 0.25) is 5.82 Å². The Morgan fingerprint density at radius 3 is 2.78 bits per heavy atom. The summed E-state index contributed by atoms with van der Waals surface area (Å²) in [5.41, 5.74) is 1.07. The van der Waals surface area contributed by atoms with Crippen molar-refractivity contribution in [3.8, 4) is 0 Å². The van der Waals surface area contributed by atoms with Crippen LogP contribution in [-0.4, -0.2) is 44.9 Å². The van der Waals surface area contributed by atoms with Gasteiger partial charge in [0.1, 0.15) is 12.2 Å². The number of nitrogens with one attached hydrogen (secondary N) is 1. The number of hydrogen-bond acceptors (Lipinski definition) is 7. The molecule has 0 bridgehead atoms. The first-order valence-corrected chi connectivity index (χ1v) is 7.52. The lowest BCUT2D eigenvalue weighted by Crippen LogP contribution is -2.34. The summed E-state index contributed by atoms with van der Waals surface area (Å²) in [7, 11) is 0. The normalized spacial score (nSPS) is 32.1. The molecule has 4 rings (SSSR count). The van der Waals surface area contributed by atoms with Crippen molar-refractivity contribution in [3.63, 3.8) is 0 Å². The highest BCUT2D eigenvalue weighted by molar-refractivity contribution is 5.13. The van der Waals surface area contributed by atoms with E-state index in [0.717, 1.165) is 5.56 Å². The van der Waals surface area contributed by atoms with Gasteiger partial charge >= 0.3 is 0 Å². The van der Waals surface area contributed by atoms with Crippen LogP contribution in [0.1, 0.15) is 31.3 Å². The van der Waals surface area contributed by atoms with E-state index in [1.807, 2.05) is 44.2 Å². The molecule has 1 aromatic heterocycles. The summed E-state index contributed by atoms with van der Waals surface area (Å²) in [5.74, 6) is -0.270. The summed E-state index contributed by atoms with van der Waals surface area (Å²) < 4.78 is 23.7. The summed E-state index contributed by atoms with van der Waals surface area (Å²) >= 11 is 0. The molecule has 0 amide bonds. The van der Waals surface area contributed by atoms with Crippen molar-refractivity contribution in [2.75, 3.05) is 0 Å². The molecule has 8 heteroatoms. The highest BCUT2D eigenvalue weighted by atomic mass is 16.8. The predicted octanol–water partition coefficient (Wildman–Crippen LogP) is 1.33. The molecule has 2 aromatic rings. The Labute approximate surface area is 133 Å². The van der Waals surface area contributed by atoms with Crippen LogP contribution in [0.2, 0.25) is 0 Å². The molecule has 8 nitrogen and oxygen atoms in total. The van der Waals surface area contributed by atoms with Crippen molar-refractivity contribution in [3.05, 3.63) is 41.7 Å². The summed E-state index contributed by atoms with van der Waals surface area (Å²) in [6.45, 7) is 4.15. The van der Waals surface area contributed by atoms with Gasteiger partial charge in [-0.3, -0.25) is 0 Å². The van der Waals surface area contributed by atoms with Gasteiger partial charge in [-0.15, -0.1) is 10.2 Å². The number of nitrogens with zero attached hydrogens (tertiary/aromatic N) is 3. The van der Waals surface area contributed by atoms with Crippen LogP contribution in [-0.2, 0) is 25.6 Å². The highest BCUT2D eigenvalue weighted by Gasteiger charge is 2.56. The SMILES string of the molecule is CC1(C)O[C@H]2O[C@H](c3nn[nH]n3)[C@H](OCc3ccccc3)[C@H]2O1. The zero-order valence-electron chi connectivity index (χ0n) is 12.9. The molecule has 3 heterocycles. The van der Waals surface area contributed by atoms with E-state index in [0.29, 0.717) is 12.4 Å². The average molecular weight is 318 g/mol. The number of aromatic nitrogens is 4. The van der Waals surface area contributed by atoms with Crippen LogP contribution >= 0.6 is 0 Å². The van der Waals surface area contributed by atoms with Gasteiger partial charge in [-0.2, -0.15) is 5.21 Å². The minimum absolute atomic E-state index is 0.336.